The van der Waals surface area contributed by atoms with Crippen molar-refractivity contribution in [1.82, 2.24) is 19.9 Å². The molecule has 5 heterocycles. The van der Waals surface area contributed by atoms with Crippen LogP contribution >= 0.6 is 0 Å². The van der Waals surface area contributed by atoms with Crippen molar-refractivity contribution in [3.05, 3.63) is 41.2 Å². The number of methoxy groups -OCH3 is 2. The molecule has 338 valence electrons. The molecule has 1 N–H and O–H groups in total. The maximum Gasteiger partial charge on any atom is 0.425 e. The minimum atomic E-state index is -1.40. The first-order chi connectivity index (χ1) is 28.8. The number of esters is 1. The van der Waals surface area contributed by atoms with Gasteiger partial charge < -0.3 is 43.6 Å². The number of fused-ring (bicyclic) bond motifs is 2. The summed E-state index contributed by atoms with van der Waals surface area (Å²) >= 11 is 0. The standard InChI is InChI=1S/C45H67N5O11/c1-13-35-45(8)39-27(4)36(49(55)24-48(50(39)43(54)61-45)20-14-15-30-18-19-46-33-22-31(56-11)16-17-32(30)33)25(2)23-44(7,57-12)40(28(5)37(51)29(6)41(53)59-35)60-42-38(52)34(47(9)10)21-26(3)58-42/h16-19,22,25-29,34-35,38-40,42,52H,13-15,20-21,23-24H2,1-12H3/t25-,26-,27+,28+,29-,34+,35-,38-,39-,40-,42+,44+,45-/m1/s1. The van der Waals surface area contributed by atoms with Crippen molar-refractivity contribution >= 4 is 34.5 Å². The van der Waals surface area contributed by atoms with Gasteiger partial charge in [-0.25, -0.2) is 9.80 Å². The summed E-state index contributed by atoms with van der Waals surface area (Å²) in [6, 6.07) is 6.69. The van der Waals surface area contributed by atoms with E-state index in [4.69, 9.17) is 28.4 Å². The van der Waals surface area contributed by atoms with E-state index in [0.29, 0.717) is 37.3 Å². The largest absolute Gasteiger partial charge is 0.623 e. The summed E-state index contributed by atoms with van der Waals surface area (Å²) in [6.45, 7) is 14.5. The highest BCUT2D eigenvalue weighted by Gasteiger charge is 2.64. The summed E-state index contributed by atoms with van der Waals surface area (Å²) in [7, 11) is 6.90. The van der Waals surface area contributed by atoms with Crippen molar-refractivity contribution in [3.63, 3.8) is 0 Å². The van der Waals surface area contributed by atoms with Crippen molar-refractivity contribution in [2.75, 3.05) is 41.5 Å². The molecule has 1 aromatic carbocycles. The summed E-state index contributed by atoms with van der Waals surface area (Å²) in [5, 5.41) is 30.6. The fourth-order valence-corrected chi connectivity index (χ4v) is 10.6. The Morgan fingerprint density at radius 2 is 1.79 bits per heavy atom. The highest BCUT2D eigenvalue weighted by Crippen LogP contribution is 2.45. The third-order valence-corrected chi connectivity index (χ3v) is 13.9. The number of carbonyl (C=O) groups is 3. The lowest BCUT2D eigenvalue weighted by Crippen LogP contribution is -2.61. The third kappa shape index (κ3) is 8.85. The number of cyclic esters (lactones) is 1. The van der Waals surface area contributed by atoms with Crippen molar-refractivity contribution in [3.8, 4) is 5.75 Å². The van der Waals surface area contributed by atoms with Crippen molar-refractivity contribution < 1.29 is 52.7 Å². The molecule has 4 aliphatic heterocycles. The topological polar surface area (TPSA) is 176 Å². The maximum absolute atomic E-state index is 14.8. The SMILES string of the molecule is CC[C@H]1OC(=O)[C@H](C)C(=O)[C@H](C)[C@@H](O[C@@H]2O[C@H](C)C[C@H](N(C)C)[C@H]2O)[C@@](C)(OC)C[C@@H](C)C2=[N+]([O-])CN(CCCc3ccnc4cc(OC)ccc34)N3C(=O)O[C@@]1(C)[C@H]3[C@H]2C. The van der Waals surface area contributed by atoms with Gasteiger partial charge in [0, 0.05) is 49.2 Å². The zero-order valence-corrected chi connectivity index (χ0v) is 38.0. The molecule has 16 heteroatoms. The van der Waals surface area contributed by atoms with E-state index in [0.717, 1.165) is 21.2 Å². The number of hydrogen-bond donors (Lipinski definition) is 1. The molecule has 61 heavy (non-hydrogen) atoms. The van der Waals surface area contributed by atoms with Crippen LogP contribution in [0.4, 0.5) is 4.79 Å². The zero-order valence-electron chi connectivity index (χ0n) is 38.0. The Balaban J connectivity index is 1.40. The predicted molar refractivity (Wildman–Crippen MR) is 227 cm³/mol. The van der Waals surface area contributed by atoms with Crippen LogP contribution in [0.1, 0.15) is 86.6 Å². The van der Waals surface area contributed by atoms with Gasteiger partial charge in [0.2, 0.25) is 6.67 Å². The van der Waals surface area contributed by atoms with E-state index >= 15 is 0 Å². The van der Waals surface area contributed by atoms with Gasteiger partial charge in [0.15, 0.2) is 23.4 Å². The number of aliphatic hydroxyl groups is 1. The summed E-state index contributed by atoms with van der Waals surface area (Å²) in [5.41, 5.74) is -0.292. The second-order valence-corrected chi connectivity index (χ2v) is 18.3. The van der Waals surface area contributed by atoms with Crippen LogP contribution in [-0.2, 0) is 39.7 Å². The van der Waals surface area contributed by atoms with Crippen molar-refractivity contribution in [2.24, 2.45) is 23.7 Å². The molecule has 0 unspecified atom stereocenters. The van der Waals surface area contributed by atoms with E-state index in [1.54, 1.807) is 37.2 Å². The summed E-state index contributed by atoms with van der Waals surface area (Å²) < 4.78 is 38.1. The molecule has 2 bridgehead atoms. The van der Waals surface area contributed by atoms with Crippen LogP contribution in [0, 0.1) is 28.9 Å². The van der Waals surface area contributed by atoms with Gasteiger partial charge >= 0.3 is 12.1 Å². The van der Waals surface area contributed by atoms with Gasteiger partial charge in [0.05, 0.1) is 36.4 Å². The number of benzene rings is 1. The molecule has 1 amide bonds. The lowest BCUT2D eigenvalue weighted by Gasteiger charge is -2.47. The summed E-state index contributed by atoms with van der Waals surface area (Å²) in [5.74, 6) is -3.77. The molecule has 0 aliphatic carbocycles. The molecule has 4 aliphatic rings. The Morgan fingerprint density at radius 1 is 1.07 bits per heavy atom. The minimum Gasteiger partial charge on any atom is -0.623 e. The molecule has 3 fully saturated rings. The molecule has 2 aromatic rings. The number of carbonyl (C=O) groups excluding carboxylic acids is 3. The first-order valence-electron chi connectivity index (χ1n) is 21.7. The predicted octanol–water partition coefficient (Wildman–Crippen LogP) is 4.95. The van der Waals surface area contributed by atoms with Gasteiger partial charge in [-0.15, -0.1) is 0 Å². The quantitative estimate of drug-likeness (QED) is 0.147. The van der Waals surface area contributed by atoms with Crippen LogP contribution in [0.5, 0.6) is 5.75 Å². The molecule has 0 spiro atoms. The average molecular weight is 854 g/mol. The number of hydrogen-bond acceptors (Lipinski definition) is 14. The Kier molecular flexibility index (Phi) is 14.1. The second kappa shape index (κ2) is 18.4. The number of aliphatic hydroxyl groups excluding tert-OH is 1. The van der Waals surface area contributed by atoms with Crippen molar-refractivity contribution in [2.45, 2.75) is 141 Å². The number of ketones is 1. The van der Waals surface area contributed by atoms with Gasteiger partial charge in [-0.05, 0) is 97.7 Å². The van der Waals surface area contributed by atoms with Gasteiger partial charge in [-0.2, -0.15) is 9.75 Å². The maximum atomic E-state index is 14.8. The second-order valence-electron chi connectivity index (χ2n) is 18.3. The van der Waals surface area contributed by atoms with Crippen LogP contribution in [0.2, 0.25) is 0 Å². The lowest BCUT2D eigenvalue weighted by atomic mass is 9.73. The molecule has 3 saturated heterocycles. The van der Waals surface area contributed by atoms with Gasteiger partial charge in [-0.3, -0.25) is 14.6 Å². The molecule has 13 atom stereocenters. The molecule has 1 aromatic heterocycles. The highest BCUT2D eigenvalue weighted by atomic mass is 16.7. The average Bonchev–Trinajstić information content (AvgIpc) is 3.43. The fraction of sp³-hybridized carbons (Fsp3) is 0.711. The fourth-order valence-electron chi connectivity index (χ4n) is 10.6. The number of aryl methyl sites for hydroxylation is 1. The Labute approximate surface area is 360 Å². The molecule has 6 rings (SSSR count). The van der Waals surface area contributed by atoms with Crippen LogP contribution in [0.25, 0.3) is 10.9 Å². The number of hydrazine groups is 1. The van der Waals surface area contributed by atoms with Crippen LogP contribution in [0.15, 0.2) is 30.5 Å². The van der Waals surface area contributed by atoms with Gasteiger partial charge in [-0.1, -0.05) is 27.7 Å². The van der Waals surface area contributed by atoms with Gasteiger partial charge in [0.25, 0.3) is 0 Å². The molecule has 0 saturated carbocycles. The van der Waals surface area contributed by atoms with Crippen LogP contribution in [-0.4, -0.2) is 149 Å². The number of ether oxygens (including phenoxy) is 6. The van der Waals surface area contributed by atoms with E-state index < -0.39 is 83.4 Å². The smallest absolute Gasteiger partial charge is 0.425 e. The Bertz CT molecular complexity index is 1960. The normalized spacial score (nSPS) is 36.8. The summed E-state index contributed by atoms with van der Waals surface area (Å²) in [4.78, 5) is 49.3. The molecular weight excluding hydrogens is 787 g/mol. The molecule has 16 nitrogen and oxygen atoms in total. The number of hydroxylamine groups is 1. The molecular formula is C45H67N5O11. The number of amides is 1. The van der Waals surface area contributed by atoms with E-state index in [2.05, 4.69) is 4.98 Å². The number of Topliss-reactive ketones (excluding diaryl/α,β-unsaturated/α-hetero) is 1. The van der Waals surface area contributed by atoms with Crippen LogP contribution in [0.3, 0.4) is 0 Å². The van der Waals surface area contributed by atoms with Crippen LogP contribution < -0.4 is 4.74 Å². The highest BCUT2D eigenvalue weighted by molar-refractivity contribution is 6.00. The number of likely N-dealkylation sites (N-methyl/N-ethyl adjacent to an activating group) is 1. The minimum absolute atomic E-state index is 0.169. The van der Waals surface area contributed by atoms with E-state index in [1.807, 2.05) is 77.9 Å². The van der Waals surface area contributed by atoms with Crippen molar-refractivity contribution in [1.29, 1.82) is 0 Å². The first kappa shape index (κ1) is 46.6. The summed E-state index contributed by atoms with van der Waals surface area (Å²) in [6.07, 6.45) is -1.07. The van der Waals surface area contributed by atoms with E-state index in [1.165, 1.54) is 14.0 Å². The Morgan fingerprint density at radius 3 is 2.44 bits per heavy atom. The van der Waals surface area contributed by atoms with Gasteiger partial charge in [0.1, 0.15) is 29.9 Å². The lowest BCUT2D eigenvalue weighted by molar-refractivity contribution is -0.494. The van der Waals surface area contributed by atoms with E-state index in [9.17, 15) is 24.7 Å². The zero-order chi connectivity index (χ0) is 44.7. The number of pyridine rings is 1. The van der Waals surface area contributed by atoms with E-state index in [-0.39, 0.29) is 31.7 Å². The first-order valence-corrected chi connectivity index (χ1v) is 21.7. The number of aromatic nitrogens is 1. The monoisotopic (exact) mass is 853 g/mol. The third-order valence-electron chi connectivity index (χ3n) is 13.9. The Hall–Kier alpha value is -3.93. The molecule has 0 radical (unpaired) electrons. The number of nitrogens with zero attached hydrogens (tertiary/aromatic N) is 5. The number of rotatable bonds is 10.